The van der Waals surface area contributed by atoms with Crippen LogP contribution in [0.15, 0.2) is 48.5 Å². The number of carbonyl (C=O) groups is 1. The lowest BCUT2D eigenvalue weighted by molar-refractivity contribution is 0.0996. The molecule has 0 aliphatic rings. The van der Waals surface area contributed by atoms with E-state index in [1.165, 1.54) is 0 Å². The molecule has 0 saturated carbocycles. The van der Waals surface area contributed by atoms with Crippen LogP contribution in [0.5, 0.6) is 11.5 Å². The molecule has 1 heterocycles. The quantitative estimate of drug-likeness (QED) is 0.804. The average molecular weight is 308 g/mol. The Hall–Kier alpha value is -3.08. The van der Waals surface area contributed by atoms with Crippen molar-refractivity contribution in [1.82, 2.24) is 4.98 Å². The molecule has 0 aliphatic carbocycles. The molecule has 116 valence electrons. The van der Waals surface area contributed by atoms with Crippen LogP contribution in [-0.2, 0) is 0 Å². The Balaban J connectivity index is 2.38. The molecule has 3 rings (SSSR count). The predicted molar refractivity (Wildman–Crippen MR) is 88.8 cm³/mol. The molecule has 0 radical (unpaired) electrons. The first-order valence-electron chi connectivity index (χ1n) is 7.06. The van der Waals surface area contributed by atoms with Crippen LogP contribution in [0.1, 0.15) is 10.5 Å². The number of aromatic nitrogens is 1. The molecular formula is C18H16N2O3. The van der Waals surface area contributed by atoms with Crippen molar-refractivity contribution >= 4 is 16.7 Å². The molecule has 0 unspecified atom stereocenters. The summed E-state index contributed by atoms with van der Waals surface area (Å²) < 4.78 is 10.7. The molecule has 1 amide bonds. The third kappa shape index (κ3) is 2.68. The van der Waals surface area contributed by atoms with Crippen LogP contribution in [0.3, 0.4) is 0 Å². The molecule has 0 bridgehead atoms. The minimum Gasteiger partial charge on any atom is -0.493 e. The van der Waals surface area contributed by atoms with E-state index in [1.807, 2.05) is 42.5 Å². The Morgan fingerprint density at radius 2 is 1.65 bits per heavy atom. The van der Waals surface area contributed by atoms with Gasteiger partial charge in [-0.3, -0.25) is 4.79 Å². The molecule has 2 aromatic carbocycles. The fraction of sp³-hybridized carbons (Fsp3) is 0.111. The second kappa shape index (κ2) is 5.96. The lowest BCUT2D eigenvalue weighted by atomic mass is 10.0. The number of primary amides is 1. The van der Waals surface area contributed by atoms with Gasteiger partial charge in [-0.05, 0) is 23.6 Å². The molecule has 1 aromatic heterocycles. The van der Waals surface area contributed by atoms with Crippen LogP contribution >= 0.6 is 0 Å². The fourth-order valence-corrected chi connectivity index (χ4v) is 2.52. The fourth-order valence-electron chi connectivity index (χ4n) is 2.52. The first-order valence-corrected chi connectivity index (χ1v) is 7.06. The van der Waals surface area contributed by atoms with Crippen LogP contribution in [0, 0.1) is 0 Å². The molecule has 0 atom stereocenters. The zero-order chi connectivity index (χ0) is 16.4. The van der Waals surface area contributed by atoms with Crippen LogP contribution in [0.2, 0.25) is 0 Å². The van der Waals surface area contributed by atoms with E-state index in [0.717, 1.165) is 16.3 Å². The standard InChI is InChI=1S/C18H16N2O3/c1-22-15-9-12-8-14(18(19)21)20-17(11-6-4-3-5-7-11)13(12)10-16(15)23-2/h3-10H,1-2H3,(H2,19,21). The zero-order valence-electron chi connectivity index (χ0n) is 12.9. The second-order valence-corrected chi connectivity index (χ2v) is 5.01. The van der Waals surface area contributed by atoms with Gasteiger partial charge in [-0.2, -0.15) is 0 Å². The summed E-state index contributed by atoms with van der Waals surface area (Å²) in [6.45, 7) is 0. The number of nitrogens with zero attached hydrogens (tertiary/aromatic N) is 1. The van der Waals surface area contributed by atoms with E-state index in [0.29, 0.717) is 17.2 Å². The van der Waals surface area contributed by atoms with Gasteiger partial charge in [-0.1, -0.05) is 30.3 Å². The van der Waals surface area contributed by atoms with E-state index < -0.39 is 5.91 Å². The zero-order valence-corrected chi connectivity index (χ0v) is 12.9. The molecule has 2 N–H and O–H groups in total. The van der Waals surface area contributed by atoms with Crippen LogP contribution in [0.25, 0.3) is 22.0 Å². The van der Waals surface area contributed by atoms with Gasteiger partial charge in [0.05, 0.1) is 19.9 Å². The van der Waals surface area contributed by atoms with Gasteiger partial charge in [0.25, 0.3) is 5.91 Å². The number of nitrogens with two attached hydrogens (primary N) is 1. The number of benzene rings is 2. The number of amides is 1. The van der Waals surface area contributed by atoms with Crippen molar-refractivity contribution in [3.8, 4) is 22.8 Å². The molecule has 5 heteroatoms. The summed E-state index contributed by atoms with van der Waals surface area (Å²) in [7, 11) is 3.15. The molecule has 0 spiro atoms. The monoisotopic (exact) mass is 308 g/mol. The van der Waals surface area contributed by atoms with E-state index >= 15 is 0 Å². The highest BCUT2D eigenvalue weighted by Gasteiger charge is 2.15. The minimum atomic E-state index is -0.570. The molecule has 23 heavy (non-hydrogen) atoms. The number of hydrogen-bond donors (Lipinski definition) is 1. The maximum Gasteiger partial charge on any atom is 0.267 e. The summed E-state index contributed by atoms with van der Waals surface area (Å²) in [5.41, 5.74) is 7.21. The molecule has 5 nitrogen and oxygen atoms in total. The summed E-state index contributed by atoms with van der Waals surface area (Å²) in [4.78, 5) is 16.0. The van der Waals surface area contributed by atoms with Crippen molar-refractivity contribution < 1.29 is 14.3 Å². The van der Waals surface area contributed by atoms with Gasteiger partial charge < -0.3 is 15.2 Å². The number of methoxy groups -OCH3 is 2. The highest BCUT2D eigenvalue weighted by molar-refractivity contribution is 6.02. The second-order valence-electron chi connectivity index (χ2n) is 5.01. The van der Waals surface area contributed by atoms with Gasteiger partial charge in [0, 0.05) is 10.9 Å². The van der Waals surface area contributed by atoms with Gasteiger partial charge in [0.2, 0.25) is 0 Å². The third-order valence-electron chi connectivity index (χ3n) is 3.63. The predicted octanol–water partition coefficient (Wildman–Crippen LogP) is 3.02. The summed E-state index contributed by atoms with van der Waals surface area (Å²) in [5.74, 6) is 0.616. The molecule has 3 aromatic rings. The van der Waals surface area contributed by atoms with E-state index in [-0.39, 0.29) is 5.69 Å². The largest absolute Gasteiger partial charge is 0.493 e. The number of carbonyl (C=O) groups excluding carboxylic acids is 1. The highest BCUT2D eigenvalue weighted by atomic mass is 16.5. The topological polar surface area (TPSA) is 74.4 Å². The Morgan fingerprint density at radius 1 is 1.00 bits per heavy atom. The van der Waals surface area contributed by atoms with Gasteiger partial charge in [0.15, 0.2) is 11.5 Å². The number of ether oxygens (including phenoxy) is 2. The van der Waals surface area contributed by atoms with Gasteiger partial charge in [0.1, 0.15) is 5.69 Å². The number of pyridine rings is 1. The van der Waals surface area contributed by atoms with Gasteiger partial charge in [-0.25, -0.2) is 4.98 Å². The van der Waals surface area contributed by atoms with Crippen molar-refractivity contribution in [2.24, 2.45) is 5.73 Å². The Kier molecular flexibility index (Phi) is 3.85. The van der Waals surface area contributed by atoms with E-state index in [1.54, 1.807) is 20.3 Å². The summed E-state index contributed by atoms with van der Waals surface area (Å²) in [5, 5.41) is 1.67. The van der Waals surface area contributed by atoms with Crippen molar-refractivity contribution in [1.29, 1.82) is 0 Å². The molecule has 0 fully saturated rings. The van der Waals surface area contributed by atoms with Crippen molar-refractivity contribution in [3.05, 3.63) is 54.2 Å². The van der Waals surface area contributed by atoms with E-state index in [9.17, 15) is 4.79 Å². The van der Waals surface area contributed by atoms with Gasteiger partial charge in [-0.15, -0.1) is 0 Å². The summed E-state index contributed by atoms with van der Waals surface area (Å²) in [6.07, 6.45) is 0. The van der Waals surface area contributed by atoms with Gasteiger partial charge >= 0.3 is 0 Å². The Bertz CT molecular complexity index is 876. The first-order chi connectivity index (χ1) is 11.1. The molecular weight excluding hydrogens is 292 g/mol. The summed E-state index contributed by atoms with van der Waals surface area (Å²) in [6, 6.07) is 15.0. The lowest BCUT2D eigenvalue weighted by Crippen LogP contribution is -2.13. The maximum absolute atomic E-state index is 11.6. The van der Waals surface area contributed by atoms with Crippen molar-refractivity contribution in [2.45, 2.75) is 0 Å². The minimum absolute atomic E-state index is 0.212. The Labute approximate surface area is 133 Å². The summed E-state index contributed by atoms with van der Waals surface area (Å²) >= 11 is 0. The number of rotatable bonds is 4. The van der Waals surface area contributed by atoms with Crippen LogP contribution < -0.4 is 15.2 Å². The SMILES string of the molecule is COc1cc2cc(C(N)=O)nc(-c3ccccc3)c2cc1OC. The highest BCUT2D eigenvalue weighted by Crippen LogP contribution is 2.36. The molecule has 0 aliphatic heterocycles. The van der Waals surface area contributed by atoms with Crippen LogP contribution in [0.4, 0.5) is 0 Å². The van der Waals surface area contributed by atoms with Crippen LogP contribution in [-0.4, -0.2) is 25.1 Å². The van der Waals surface area contributed by atoms with Crippen molar-refractivity contribution in [2.75, 3.05) is 14.2 Å². The Morgan fingerprint density at radius 3 is 2.26 bits per heavy atom. The maximum atomic E-state index is 11.6. The first kappa shape index (κ1) is 14.8. The van der Waals surface area contributed by atoms with E-state index in [2.05, 4.69) is 4.98 Å². The molecule has 0 saturated heterocycles. The van der Waals surface area contributed by atoms with Crippen molar-refractivity contribution in [3.63, 3.8) is 0 Å². The smallest absolute Gasteiger partial charge is 0.267 e. The third-order valence-corrected chi connectivity index (χ3v) is 3.63. The number of fused-ring (bicyclic) bond motifs is 1. The lowest BCUT2D eigenvalue weighted by Gasteiger charge is -2.13. The normalized spacial score (nSPS) is 10.5. The average Bonchev–Trinajstić information content (AvgIpc) is 2.60. The van der Waals surface area contributed by atoms with E-state index in [4.69, 9.17) is 15.2 Å². The number of hydrogen-bond acceptors (Lipinski definition) is 4.